The number of nitro benzene ring substituents is 1. The lowest BCUT2D eigenvalue weighted by molar-refractivity contribution is -0.385. The molecule has 0 aromatic heterocycles. The molecule has 1 atom stereocenters. The van der Waals surface area contributed by atoms with E-state index in [-0.39, 0.29) is 11.4 Å². The average Bonchev–Trinajstić information content (AvgIpc) is 2.83. The van der Waals surface area contributed by atoms with Crippen molar-refractivity contribution in [3.63, 3.8) is 0 Å². The fourth-order valence-corrected chi connectivity index (χ4v) is 2.98. The van der Waals surface area contributed by atoms with Crippen LogP contribution >= 0.6 is 0 Å². The van der Waals surface area contributed by atoms with Crippen molar-refractivity contribution in [1.29, 1.82) is 0 Å². The van der Waals surface area contributed by atoms with Gasteiger partial charge in [0, 0.05) is 11.6 Å². The third kappa shape index (κ3) is 6.30. The number of nitrogens with zero attached hydrogens (tertiary/aromatic N) is 1. The summed E-state index contributed by atoms with van der Waals surface area (Å²) in [5.41, 5.74) is 0.593. The maximum absolute atomic E-state index is 13.0. The lowest BCUT2D eigenvalue weighted by atomic mass is 10.1. The van der Waals surface area contributed by atoms with Crippen molar-refractivity contribution in [3.8, 4) is 11.5 Å². The Morgan fingerprint density at radius 1 is 0.909 bits per heavy atom. The first-order chi connectivity index (χ1) is 16.0. The third-order valence-electron chi connectivity index (χ3n) is 4.44. The predicted octanol–water partition coefficient (Wildman–Crippen LogP) is 4.30. The number of anilines is 1. The van der Waals surface area contributed by atoms with Gasteiger partial charge in [0.2, 0.25) is 6.10 Å². The standard InChI is InChI=1S/C24H22N2O7/c1-2-31-20-14-8-6-12-18(20)25-24(28)23(17-10-4-3-5-11-17)33-22(27)16-32-21-15-9-7-13-19(21)26(29)30/h3-15,23H,2,16H2,1H3,(H,25,28). The largest absolute Gasteiger partial charge is 0.492 e. The number of rotatable bonds is 10. The Hall–Kier alpha value is -4.40. The summed E-state index contributed by atoms with van der Waals surface area (Å²) in [7, 11) is 0. The van der Waals surface area contributed by atoms with Gasteiger partial charge in [-0.2, -0.15) is 0 Å². The second kappa shape index (κ2) is 11.3. The molecule has 170 valence electrons. The first-order valence-electron chi connectivity index (χ1n) is 10.1. The zero-order valence-electron chi connectivity index (χ0n) is 17.8. The minimum absolute atomic E-state index is 0.0780. The van der Waals surface area contributed by atoms with E-state index in [4.69, 9.17) is 14.2 Å². The molecule has 3 rings (SSSR count). The van der Waals surface area contributed by atoms with E-state index in [1.54, 1.807) is 60.7 Å². The van der Waals surface area contributed by atoms with Crippen LogP contribution in [0.1, 0.15) is 18.6 Å². The molecule has 0 saturated carbocycles. The molecule has 9 heteroatoms. The molecule has 0 radical (unpaired) electrons. The zero-order valence-corrected chi connectivity index (χ0v) is 17.8. The number of benzene rings is 3. The molecule has 1 unspecified atom stereocenters. The molecule has 0 spiro atoms. The Labute approximate surface area is 190 Å². The van der Waals surface area contributed by atoms with Crippen LogP contribution in [0.15, 0.2) is 78.9 Å². The summed E-state index contributed by atoms with van der Waals surface area (Å²) in [6.45, 7) is 1.62. The Bertz CT molecular complexity index is 1120. The fourth-order valence-electron chi connectivity index (χ4n) is 2.98. The van der Waals surface area contributed by atoms with Crippen LogP contribution in [-0.4, -0.2) is 30.0 Å². The summed E-state index contributed by atoms with van der Waals surface area (Å²) in [4.78, 5) is 36.0. The zero-order chi connectivity index (χ0) is 23.6. The van der Waals surface area contributed by atoms with E-state index in [1.807, 2.05) is 6.92 Å². The molecule has 9 nitrogen and oxygen atoms in total. The van der Waals surface area contributed by atoms with Gasteiger partial charge in [-0.25, -0.2) is 4.79 Å². The van der Waals surface area contributed by atoms with E-state index in [0.29, 0.717) is 23.6 Å². The van der Waals surface area contributed by atoms with Gasteiger partial charge in [0.15, 0.2) is 12.4 Å². The van der Waals surface area contributed by atoms with Gasteiger partial charge in [0.1, 0.15) is 5.75 Å². The van der Waals surface area contributed by atoms with Gasteiger partial charge in [-0.05, 0) is 25.1 Å². The Morgan fingerprint density at radius 3 is 2.24 bits per heavy atom. The van der Waals surface area contributed by atoms with Crippen molar-refractivity contribution in [2.24, 2.45) is 0 Å². The van der Waals surface area contributed by atoms with Gasteiger partial charge in [-0.15, -0.1) is 0 Å². The molecule has 0 bridgehead atoms. The van der Waals surface area contributed by atoms with E-state index in [2.05, 4.69) is 5.32 Å². The van der Waals surface area contributed by atoms with Gasteiger partial charge in [0.25, 0.3) is 5.91 Å². The molecule has 0 aliphatic carbocycles. The van der Waals surface area contributed by atoms with Gasteiger partial charge in [0.05, 0.1) is 17.2 Å². The van der Waals surface area contributed by atoms with Gasteiger partial charge in [-0.3, -0.25) is 14.9 Å². The van der Waals surface area contributed by atoms with Crippen molar-refractivity contribution in [1.82, 2.24) is 0 Å². The van der Waals surface area contributed by atoms with E-state index >= 15 is 0 Å². The van der Waals surface area contributed by atoms with Crippen molar-refractivity contribution >= 4 is 23.3 Å². The molecule has 0 aliphatic heterocycles. The lowest BCUT2D eigenvalue weighted by Crippen LogP contribution is -2.28. The topological polar surface area (TPSA) is 117 Å². The van der Waals surface area contributed by atoms with Gasteiger partial charge >= 0.3 is 11.7 Å². The monoisotopic (exact) mass is 450 g/mol. The Balaban J connectivity index is 1.75. The Morgan fingerprint density at radius 2 is 1.55 bits per heavy atom. The molecule has 1 amide bonds. The molecule has 3 aromatic rings. The number of ether oxygens (including phenoxy) is 3. The van der Waals surface area contributed by atoms with E-state index in [0.717, 1.165) is 0 Å². The number of nitro groups is 1. The number of carbonyl (C=O) groups excluding carboxylic acids is 2. The van der Waals surface area contributed by atoms with E-state index in [9.17, 15) is 19.7 Å². The number of esters is 1. The number of nitrogens with one attached hydrogen (secondary N) is 1. The van der Waals surface area contributed by atoms with Crippen molar-refractivity contribution in [2.75, 3.05) is 18.5 Å². The SMILES string of the molecule is CCOc1ccccc1NC(=O)C(OC(=O)COc1ccccc1[N+](=O)[O-])c1ccccc1. The molecule has 0 fully saturated rings. The van der Waals surface area contributed by atoms with Crippen LogP contribution in [0.25, 0.3) is 0 Å². The van der Waals surface area contributed by atoms with Crippen molar-refractivity contribution < 1.29 is 28.7 Å². The van der Waals surface area contributed by atoms with Crippen LogP contribution in [0, 0.1) is 10.1 Å². The number of amides is 1. The number of hydrogen-bond donors (Lipinski definition) is 1. The highest BCUT2D eigenvalue weighted by atomic mass is 16.6. The quantitative estimate of drug-likeness (QED) is 0.278. The maximum atomic E-state index is 13.0. The molecule has 1 N–H and O–H groups in total. The summed E-state index contributed by atoms with van der Waals surface area (Å²) < 4.78 is 16.2. The summed E-state index contributed by atoms with van der Waals surface area (Å²) in [5.74, 6) is -1.06. The fraction of sp³-hybridized carbons (Fsp3) is 0.167. The normalized spacial score (nSPS) is 11.2. The first kappa shape index (κ1) is 23.3. The highest BCUT2D eigenvalue weighted by Gasteiger charge is 2.26. The van der Waals surface area contributed by atoms with Crippen molar-refractivity contribution in [3.05, 3.63) is 94.5 Å². The Kier molecular flexibility index (Phi) is 7.96. The second-order valence-corrected chi connectivity index (χ2v) is 6.71. The van der Waals surface area contributed by atoms with Crippen LogP contribution < -0.4 is 14.8 Å². The second-order valence-electron chi connectivity index (χ2n) is 6.71. The lowest BCUT2D eigenvalue weighted by Gasteiger charge is -2.19. The molecule has 0 saturated heterocycles. The highest BCUT2D eigenvalue weighted by Crippen LogP contribution is 2.28. The molecular formula is C24H22N2O7. The first-order valence-corrected chi connectivity index (χ1v) is 10.1. The van der Waals surface area contributed by atoms with E-state index < -0.39 is 29.5 Å². The summed E-state index contributed by atoms with van der Waals surface area (Å²) in [5, 5.41) is 13.8. The van der Waals surface area contributed by atoms with Crippen LogP contribution in [0.3, 0.4) is 0 Å². The summed E-state index contributed by atoms with van der Waals surface area (Å²) in [6.07, 6.45) is -1.28. The summed E-state index contributed by atoms with van der Waals surface area (Å²) >= 11 is 0. The van der Waals surface area contributed by atoms with Crippen LogP contribution in [0.4, 0.5) is 11.4 Å². The van der Waals surface area contributed by atoms with Crippen molar-refractivity contribution in [2.45, 2.75) is 13.0 Å². The number of para-hydroxylation sites is 4. The highest BCUT2D eigenvalue weighted by molar-refractivity contribution is 5.97. The third-order valence-corrected chi connectivity index (χ3v) is 4.44. The smallest absolute Gasteiger partial charge is 0.345 e. The average molecular weight is 450 g/mol. The van der Waals surface area contributed by atoms with Gasteiger partial charge in [-0.1, -0.05) is 54.6 Å². The van der Waals surface area contributed by atoms with Crippen LogP contribution in [-0.2, 0) is 14.3 Å². The summed E-state index contributed by atoms with van der Waals surface area (Å²) in [6, 6.07) is 21.0. The number of carbonyl (C=O) groups is 2. The van der Waals surface area contributed by atoms with Crippen LogP contribution in [0.2, 0.25) is 0 Å². The number of hydrogen-bond acceptors (Lipinski definition) is 7. The molecular weight excluding hydrogens is 428 g/mol. The molecule has 3 aromatic carbocycles. The predicted molar refractivity (Wildman–Crippen MR) is 120 cm³/mol. The molecule has 0 aliphatic rings. The maximum Gasteiger partial charge on any atom is 0.345 e. The minimum Gasteiger partial charge on any atom is -0.492 e. The van der Waals surface area contributed by atoms with E-state index in [1.165, 1.54) is 18.2 Å². The van der Waals surface area contributed by atoms with Gasteiger partial charge < -0.3 is 19.5 Å². The van der Waals surface area contributed by atoms with Crippen LogP contribution in [0.5, 0.6) is 11.5 Å². The molecule has 33 heavy (non-hydrogen) atoms. The minimum atomic E-state index is -1.28. The molecule has 0 heterocycles.